The van der Waals surface area contributed by atoms with Gasteiger partial charge in [0, 0.05) is 30.4 Å². The van der Waals surface area contributed by atoms with Gasteiger partial charge in [0.15, 0.2) is 11.5 Å². The summed E-state index contributed by atoms with van der Waals surface area (Å²) >= 11 is 1.56. The highest BCUT2D eigenvalue weighted by molar-refractivity contribution is 7.20. The first-order valence-corrected chi connectivity index (χ1v) is 10.1. The predicted molar refractivity (Wildman–Crippen MR) is 108 cm³/mol. The summed E-state index contributed by atoms with van der Waals surface area (Å²) in [7, 11) is 3.21. The van der Waals surface area contributed by atoms with Gasteiger partial charge < -0.3 is 19.4 Å². The van der Waals surface area contributed by atoms with Gasteiger partial charge in [-0.25, -0.2) is 0 Å². The van der Waals surface area contributed by atoms with Gasteiger partial charge in [0.1, 0.15) is 0 Å². The molecule has 0 atom stereocenters. The third-order valence-corrected chi connectivity index (χ3v) is 6.30. The monoisotopic (exact) mass is 384 g/mol. The minimum absolute atomic E-state index is 0.0431. The molecule has 0 aliphatic heterocycles. The van der Waals surface area contributed by atoms with Crippen molar-refractivity contribution >= 4 is 27.3 Å². The van der Waals surface area contributed by atoms with Crippen LogP contribution in [0.2, 0.25) is 0 Å². The molecule has 0 radical (unpaired) electrons. The third kappa shape index (κ3) is 3.67. The number of aromatic nitrogens is 1. The van der Waals surface area contributed by atoms with E-state index < -0.39 is 0 Å². The van der Waals surface area contributed by atoms with Crippen LogP contribution in [0, 0.1) is 0 Å². The molecule has 27 heavy (non-hydrogen) atoms. The molecule has 3 aromatic rings. The molecule has 0 unspecified atom stereocenters. The van der Waals surface area contributed by atoms with Crippen LogP contribution in [0.15, 0.2) is 36.7 Å². The summed E-state index contributed by atoms with van der Waals surface area (Å²) in [5, 5.41) is 4.15. The van der Waals surface area contributed by atoms with Crippen molar-refractivity contribution < 1.29 is 14.3 Å². The van der Waals surface area contributed by atoms with E-state index in [9.17, 15) is 4.79 Å². The summed E-state index contributed by atoms with van der Waals surface area (Å²) in [6.07, 6.45) is 9.55. The lowest BCUT2D eigenvalue weighted by Gasteiger charge is -2.10. The standard InChI is InChI=1S/C21H24N2O3S/c1-25-17-8-7-14(9-18(17)26-2)11-22-21(24)19-10-15-12-23(13-20(15)27-19)16-5-3-4-6-16/h7-10,12-13,16H,3-6,11H2,1-2H3,(H,22,24). The Bertz CT molecular complexity index is 922. The van der Waals surface area contributed by atoms with Crippen LogP contribution in [0.4, 0.5) is 0 Å². The Morgan fingerprint density at radius 2 is 1.93 bits per heavy atom. The number of thiophene rings is 1. The van der Waals surface area contributed by atoms with Crippen molar-refractivity contribution in [3.05, 3.63) is 47.1 Å². The summed E-state index contributed by atoms with van der Waals surface area (Å²) in [6, 6.07) is 8.29. The molecule has 1 aromatic carbocycles. The molecule has 0 saturated heterocycles. The molecule has 1 aliphatic carbocycles. The van der Waals surface area contributed by atoms with Crippen LogP contribution in [0.25, 0.3) is 10.1 Å². The van der Waals surface area contributed by atoms with E-state index in [2.05, 4.69) is 22.3 Å². The molecule has 1 amide bonds. The number of nitrogens with one attached hydrogen (secondary N) is 1. The van der Waals surface area contributed by atoms with Crippen LogP contribution >= 0.6 is 11.3 Å². The first-order valence-electron chi connectivity index (χ1n) is 9.28. The Morgan fingerprint density at radius 3 is 2.63 bits per heavy atom. The number of fused-ring (bicyclic) bond motifs is 1. The fourth-order valence-corrected chi connectivity index (χ4v) is 4.73. The quantitative estimate of drug-likeness (QED) is 0.666. The molecule has 0 bridgehead atoms. The van der Waals surface area contributed by atoms with Crippen molar-refractivity contribution in [2.45, 2.75) is 38.3 Å². The van der Waals surface area contributed by atoms with Gasteiger partial charge >= 0.3 is 0 Å². The number of benzene rings is 1. The molecule has 0 spiro atoms. The highest BCUT2D eigenvalue weighted by Gasteiger charge is 2.18. The SMILES string of the molecule is COc1ccc(CNC(=O)c2cc3cn(C4CCCC4)cc3s2)cc1OC. The first kappa shape index (κ1) is 17.9. The van der Waals surface area contributed by atoms with Crippen LogP contribution in [0.5, 0.6) is 11.5 Å². The molecule has 6 heteroatoms. The minimum atomic E-state index is -0.0431. The Balaban J connectivity index is 1.43. The zero-order valence-electron chi connectivity index (χ0n) is 15.7. The van der Waals surface area contributed by atoms with E-state index in [-0.39, 0.29) is 5.91 Å². The number of nitrogens with zero attached hydrogens (tertiary/aromatic N) is 1. The average molecular weight is 385 g/mol. The summed E-state index contributed by atoms with van der Waals surface area (Å²) in [5.41, 5.74) is 0.968. The van der Waals surface area contributed by atoms with Crippen molar-refractivity contribution in [2.24, 2.45) is 0 Å². The van der Waals surface area contributed by atoms with Crippen LogP contribution in [-0.2, 0) is 6.54 Å². The van der Waals surface area contributed by atoms with E-state index in [4.69, 9.17) is 9.47 Å². The summed E-state index contributed by atoms with van der Waals surface area (Å²) < 4.78 is 14.1. The predicted octanol–water partition coefficient (Wildman–Crippen LogP) is 4.77. The summed E-state index contributed by atoms with van der Waals surface area (Å²) in [4.78, 5) is 13.3. The molecule has 1 aliphatic rings. The molecule has 2 aromatic heterocycles. The Kier molecular flexibility index (Phi) is 5.07. The topological polar surface area (TPSA) is 52.5 Å². The van der Waals surface area contributed by atoms with Gasteiger partial charge in [-0.05, 0) is 36.6 Å². The van der Waals surface area contributed by atoms with E-state index in [1.54, 1.807) is 25.6 Å². The zero-order chi connectivity index (χ0) is 18.8. The fraction of sp³-hybridized carbons (Fsp3) is 0.381. The highest BCUT2D eigenvalue weighted by atomic mass is 32.1. The molecule has 2 heterocycles. The van der Waals surface area contributed by atoms with E-state index in [0.29, 0.717) is 24.1 Å². The smallest absolute Gasteiger partial charge is 0.261 e. The van der Waals surface area contributed by atoms with Crippen LogP contribution in [-0.4, -0.2) is 24.7 Å². The van der Waals surface area contributed by atoms with Crippen molar-refractivity contribution in [1.82, 2.24) is 9.88 Å². The van der Waals surface area contributed by atoms with Gasteiger partial charge in [-0.3, -0.25) is 4.79 Å². The van der Waals surface area contributed by atoms with Crippen molar-refractivity contribution in [3.63, 3.8) is 0 Å². The molecular weight excluding hydrogens is 360 g/mol. The van der Waals surface area contributed by atoms with Crippen LogP contribution in [0.1, 0.15) is 47.0 Å². The lowest BCUT2D eigenvalue weighted by molar-refractivity contribution is 0.0955. The van der Waals surface area contributed by atoms with Gasteiger partial charge in [0.05, 0.1) is 23.8 Å². The molecule has 1 fully saturated rings. The highest BCUT2D eigenvalue weighted by Crippen LogP contribution is 2.34. The second-order valence-corrected chi connectivity index (χ2v) is 8.03. The number of amides is 1. The molecule has 4 rings (SSSR count). The maximum atomic E-state index is 12.5. The van der Waals surface area contributed by atoms with E-state index in [1.807, 2.05) is 24.3 Å². The van der Waals surface area contributed by atoms with Gasteiger partial charge in [-0.15, -0.1) is 11.3 Å². The largest absolute Gasteiger partial charge is 0.493 e. The van der Waals surface area contributed by atoms with Crippen molar-refractivity contribution in [1.29, 1.82) is 0 Å². The Hall–Kier alpha value is -2.47. The Morgan fingerprint density at radius 1 is 1.15 bits per heavy atom. The molecular formula is C21H24N2O3S. The van der Waals surface area contributed by atoms with E-state index in [1.165, 1.54) is 30.4 Å². The number of ether oxygens (including phenoxy) is 2. The first-order chi connectivity index (χ1) is 13.2. The zero-order valence-corrected chi connectivity index (χ0v) is 16.5. The van der Waals surface area contributed by atoms with Gasteiger partial charge in [0.2, 0.25) is 0 Å². The fourth-order valence-electron chi connectivity index (χ4n) is 3.74. The normalized spacial score (nSPS) is 14.6. The lowest BCUT2D eigenvalue weighted by atomic mass is 10.2. The number of methoxy groups -OCH3 is 2. The molecule has 1 saturated carbocycles. The molecule has 5 nitrogen and oxygen atoms in total. The molecule has 1 N–H and O–H groups in total. The molecule has 142 valence electrons. The number of carbonyl (C=O) groups is 1. The summed E-state index contributed by atoms with van der Waals surface area (Å²) in [6.45, 7) is 0.448. The van der Waals surface area contributed by atoms with Crippen molar-refractivity contribution in [3.8, 4) is 11.5 Å². The number of rotatable bonds is 6. The van der Waals surface area contributed by atoms with E-state index in [0.717, 1.165) is 15.8 Å². The second kappa shape index (κ2) is 7.64. The van der Waals surface area contributed by atoms with Gasteiger partial charge in [-0.2, -0.15) is 0 Å². The van der Waals surface area contributed by atoms with Crippen LogP contribution < -0.4 is 14.8 Å². The lowest BCUT2D eigenvalue weighted by Crippen LogP contribution is -2.21. The van der Waals surface area contributed by atoms with Crippen molar-refractivity contribution in [2.75, 3.05) is 14.2 Å². The maximum absolute atomic E-state index is 12.5. The number of hydrogen-bond acceptors (Lipinski definition) is 4. The second-order valence-electron chi connectivity index (χ2n) is 6.95. The summed E-state index contributed by atoms with van der Waals surface area (Å²) in [5.74, 6) is 1.30. The Labute approximate surface area is 162 Å². The maximum Gasteiger partial charge on any atom is 0.261 e. The number of hydrogen-bond donors (Lipinski definition) is 1. The number of carbonyl (C=O) groups excluding carboxylic acids is 1. The minimum Gasteiger partial charge on any atom is -0.493 e. The van der Waals surface area contributed by atoms with Crippen LogP contribution in [0.3, 0.4) is 0 Å². The third-order valence-electron chi connectivity index (χ3n) is 5.22. The average Bonchev–Trinajstić information content (AvgIpc) is 3.41. The van der Waals surface area contributed by atoms with E-state index >= 15 is 0 Å². The van der Waals surface area contributed by atoms with Gasteiger partial charge in [-0.1, -0.05) is 18.9 Å². The van der Waals surface area contributed by atoms with Gasteiger partial charge in [0.25, 0.3) is 5.91 Å².